The van der Waals surface area contributed by atoms with E-state index in [2.05, 4.69) is 0 Å². The molecule has 0 spiro atoms. The van der Waals surface area contributed by atoms with Gasteiger partial charge in [-0.05, 0) is 13.0 Å². The molecule has 0 aliphatic rings. The van der Waals surface area contributed by atoms with Crippen molar-refractivity contribution in [1.29, 1.82) is 5.26 Å². The van der Waals surface area contributed by atoms with E-state index in [0.717, 1.165) is 0 Å². The molecule has 5 heteroatoms. The number of ether oxygens (including phenoxy) is 3. The molecule has 20 heavy (non-hydrogen) atoms. The number of nitrogens with zero attached hydrogens (tertiary/aromatic N) is 1. The maximum atomic E-state index is 12.1. The predicted octanol–water partition coefficient (Wildman–Crippen LogP) is 2.31. The summed E-state index contributed by atoms with van der Waals surface area (Å²) in [4.78, 5) is 12.1. The summed E-state index contributed by atoms with van der Waals surface area (Å²) in [7, 11) is 3.00. The van der Waals surface area contributed by atoms with Crippen LogP contribution < -0.4 is 9.47 Å². The normalized spacial score (nSPS) is 11.5. The van der Waals surface area contributed by atoms with E-state index in [4.69, 9.17) is 14.2 Å². The van der Waals surface area contributed by atoms with Gasteiger partial charge in [-0.2, -0.15) is 5.26 Å². The second kappa shape index (κ2) is 8.18. The van der Waals surface area contributed by atoms with Crippen LogP contribution in [-0.4, -0.2) is 33.2 Å². The highest BCUT2D eigenvalue weighted by atomic mass is 16.5. The fraction of sp³-hybridized carbons (Fsp3) is 0.467. The Morgan fingerprint density at radius 1 is 1.35 bits per heavy atom. The van der Waals surface area contributed by atoms with E-state index < -0.39 is 5.92 Å². The molecule has 108 valence electrons. The Kier molecular flexibility index (Phi) is 6.54. The average Bonchev–Trinajstić information content (AvgIpc) is 2.47. The van der Waals surface area contributed by atoms with Crippen molar-refractivity contribution in [2.45, 2.75) is 19.3 Å². The Labute approximate surface area is 119 Å². The minimum atomic E-state index is -0.875. The summed E-state index contributed by atoms with van der Waals surface area (Å²) in [5.41, 5.74) is 0.524. The Morgan fingerprint density at radius 2 is 2.10 bits per heavy atom. The van der Waals surface area contributed by atoms with Gasteiger partial charge in [0, 0.05) is 18.6 Å². The number of hydrogen-bond donors (Lipinski definition) is 0. The highest BCUT2D eigenvalue weighted by Crippen LogP contribution is 2.35. The largest absolute Gasteiger partial charge is 0.493 e. The van der Waals surface area contributed by atoms with E-state index >= 15 is 0 Å². The third-order valence-electron chi connectivity index (χ3n) is 2.89. The first kappa shape index (κ1) is 16.0. The van der Waals surface area contributed by atoms with Crippen LogP contribution in [0.3, 0.4) is 0 Å². The first-order valence-electron chi connectivity index (χ1n) is 6.40. The van der Waals surface area contributed by atoms with E-state index in [-0.39, 0.29) is 12.2 Å². The molecule has 0 aromatic heterocycles. The average molecular weight is 277 g/mol. The van der Waals surface area contributed by atoms with Crippen LogP contribution in [0, 0.1) is 11.3 Å². The molecule has 0 saturated heterocycles. The van der Waals surface area contributed by atoms with Crippen LogP contribution >= 0.6 is 0 Å². The molecule has 0 bridgehead atoms. The fourth-order valence-corrected chi connectivity index (χ4v) is 1.92. The lowest BCUT2D eigenvalue weighted by molar-refractivity contribution is -0.120. The molecule has 0 radical (unpaired) electrons. The van der Waals surface area contributed by atoms with Gasteiger partial charge in [-0.1, -0.05) is 12.1 Å². The lowest BCUT2D eigenvalue weighted by Crippen LogP contribution is -2.14. The van der Waals surface area contributed by atoms with Gasteiger partial charge in [0.15, 0.2) is 17.3 Å². The van der Waals surface area contributed by atoms with Crippen LogP contribution in [0.5, 0.6) is 11.5 Å². The molecule has 0 heterocycles. The number of Topliss-reactive ketones (excluding diaryl/α,β-unsaturated/α-hetero) is 1. The molecule has 0 fully saturated rings. The molecule has 1 aromatic rings. The summed E-state index contributed by atoms with van der Waals surface area (Å²) in [6.07, 6.45) is 0.201. The molecule has 0 saturated carbocycles. The number of hydrogen-bond acceptors (Lipinski definition) is 5. The first-order valence-corrected chi connectivity index (χ1v) is 6.40. The van der Waals surface area contributed by atoms with E-state index in [1.54, 1.807) is 18.2 Å². The van der Waals surface area contributed by atoms with E-state index in [1.807, 2.05) is 13.0 Å². The summed E-state index contributed by atoms with van der Waals surface area (Å²) in [5, 5.41) is 9.28. The van der Waals surface area contributed by atoms with Crippen LogP contribution in [-0.2, 0) is 9.53 Å². The van der Waals surface area contributed by atoms with Gasteiger partial charge in [0.25, 0.3) is 0 Å². The summed E-state index contributed by atoms with van der Waals surface area (Å²) in [6, 6.07) is 7.19. The van der Waals surface area contributed by atoms with Crippen LogP contribution in [0.15, 0.2) is 18.2 Å². The van der Waals surface area contributed by atoms with Gasteiger partial charge >= 0.3 is 0 Å². The Morgan fingerprint density at radius 3 is 2.65 bits per heavy atom. The number of rotatable bonds is 8. The topological polar surface area (TPSA) is 68.6 Å². The third-order valence-corrected chi connectivity index (χ3v) is 2.89. The monoisotopic (exact) mass is 277 g/mol. The number of carbonyl (C=O) groups is 1. The number of nitriles is 1. The summed E-state index contributed by atoms with van der Waals surface area (Å²) in [6.45, 7) is 2.73. The van der Waals surface area contributed by atoms with Crippen molar-refractivity contribution in [3.8, 4) is 17.6 Å². The minimum absolute atomic E-state index is 0.187. The third kappa shape index (κ3) is 3.72. The lowest BCUT2D eigenvalue weighted by atomic mass is 9.93. The molecule has 5 nitrogen and oxygen atoms in total. The fourth-order valence-electron chi connectivity index (χ4n) is 1.92. The molecule has 0 amide bonds. The van der Waals surface area contributed by atoms with Gasteiger partial charge in [-0.25, -0.2) is 0 Å². The maximum Gasteiger partial charge on any atom is 0.165 e. The lowest BCUT2D eigenvalue weighted by Gasteiger charge is -2.15. The van der Waals surface area contributed by atoms with Gasteiger partial charge in [0.1, 0.15) is 5.92 Å². The van der Waals surface area contributed by atoms with Crippen LogP contribution in [0.25, 0.3) is 0 Å². The van der Waals surface area contributed by atoms with Crippen molar-refractivity contribution in [3.05, 3.63) is 23.8 Å². The summed E-state index contributed by atoms with van der Waals surface area (Å²) >= 11 is 0. The van der Waals surface area contributed by atoms with E-state index in [0.29, 0.717) is 30.3 Å². The van der Waals surface area contributed by atoms with Crippen LogP contribution in [0.1, 0.15) is 24.8 Å². The van der Waals surface area contributed by atoms with Crippen molar-refractivity contribution in [1.82, 2.24) is 0 Å². The zero-order chi connectivity index (χ0) is 15.0. The molecular weight excluding hydrogens is 258 g/mol. The number of benzene rings is 1. The SMILES string of the molecule is CCOCCC(=O)[C@@H](C#N)c1cccc(OC)c1OC. The Balaban J connectivity index is 3.01. The van der Waals surface area contributed by atoms with Gasteiger partial charge in [0.05, 0.1) is 26.9 Å². The standard InChI is InChI=1S/C15H19NO4/c1-4-20-9-8-13(17)12(10-16)11-6-5-7-14(18-2)15(11)19-3/h5-7,12H,4,8-9H2,1-3H3/t12-/m0/s1. The van der Waals surface area contributed by atoms with Crippen molar-refractivity contribution < 1.29 is 19.0 Å². The Hall–Kier alpha value is -2.06. The second-order valence-electron chi connectivity index (χ2n) is 4.06. The van der Waals surface area contributed by atoms with Gasteiger partial charge in [-0.3, -0.25) is 4.79 Å². The van der Waals surface area contributed by atoms with E-state index in [9.17, 15) is 10.1 Å². The van der Waals surface area contributed by atoms with E-state index in [1.165, 1.54) is 14.2 Å². The Bertz CT molecular complexity index is 493. The van der Waals surface area contributed by atoms with Gasteiger partial charge in [0.2, 0.25) is 0 Å². The molecule has 0 aliphatic carbocycles. The van der Waals surface area contributed by atoms with Crippen molar-refractivity contribution in [2.75, 3.05) is 27.4 Å². The highest BCUT2D eigenvalue weighted by molar-refractivity contribution is 5.89. The molecule has 0 aliphatic heterocycles. The zero-order valence-electron chi connectivity index (χ0n) is 12.0. The predicted molar refractivity (Wildman–Crippen MR) is 74.0 cm³/mol. The van der Waals surface area contributed by atoms with Gasteiger partial charge in [-0.15, -0.1) is 0 Å². The van der Waals surface area contributed by atoms with Crippen molar-refractivity contribution in [2.24, 2.45) is 0 Å². The number of para-hydroxylation sites is 1. The molecule has 1 rings (SSSR count). The minimum Gasteiger partial charge on any atom is -0.493 e. The molecule has 1 aromatic carbocycles. The molecule has 0 unspecified atom stereocenters. The first-order chi connectivity index (χ1) is 9.69. The summed E-state index contributed by atoms with van der Waals surface area (Å²) < 4.78 is 15.6. The number of methoxy groups -OCH3 is 2. The maximum absolute atomic E-state index is 12.1. The van der Waals surface area contributed by atoms with Gasteiger partial charge < -0.3 is 14.2 Å². The molecule has 1 atom stereocenters. The highest BCUT2D eigenvalue weighted by Gasteiger charge is 2.25. The number of ketones is 1. The molecule has 0 N–H and O–H groups in total. The quantitative estimate of drug-likeness (QED) is 0.682. The van der Waals surface area contributed by atoms with Crippen molar-refractivity contribution in [3.63, 3.8) is 0 Å². The number of carbonyl (C=O) groups excluding carboxylic acids is 1. The summed E-state index contributed by atoms with van der Waals surface area (Å²) in [5.74, 6) is -0.137. The van der Waals surface area contributed by atoms with Crippen molar-refractivity contribution >= 4 is 5.78 Å². The second-order valence-corrected chi connectivity index (χ2v) is 4.06. The zero-order valence-corrected chi connectivity index (χ0v) is 12.0. The molecular formula is C15H19NO4. The van der Waals surface area contributed by atoms with Crippen LogP contribution in [0.4, 0.5) is 0 Å². The van der Waals surface area contributed by atoms with Crippen LogP contribution in [0.2, 0.25) is 0 Å². The smallest absolute Gasteiger partial charge is 0.165 e.